The van der Waals surface area contributed by atoms with Crippen LogP contribution in [-0.4, -0.2) is 24.0 Å². The molecule has 100 valence electrons. The summed E-state index contributed by atoms with van der Waals surface area (Å²) in [7, 11) is 0. The molecule has 0 fully saturated rings. The van der Waals surface area contributed by atoms with Crippen molar-refractivity contribution >= 4 is 23.2 Å². The number of nitrogens with zero attached hydrogens (tertiary/aromatic N) is 1. The van der Waals surface area contributed by atoms with Gasteiger partial charge in [-0.2, -0.15) is 0 Å². The number of halogens is 1. The molecule has 0 aromatic heterocycles. The normalized spacial score (nSPS) is 14.3. The second-order valence-electron chi connectivity index (χ2n) is 4.98. The van der Waals surface area contributed by atoms with E-state index in [1.165, 1.54) is 12.1 Å². The second kappa shape index (κ2) is 4.57. The zero-order chi connectivity index (χ0) is 14.3. The van der Waals surface area contributed by atoms with Gasteiger partial charge in [0.15, 0.2) is 5.78 Å². The van der Waals surface area contributed by atoms with Crippen LogP contribution in [0.1, 0.15) is 29.8 Å². The van der Waals surface area contributed by atoms with E-state index in [0.29, 0.717) is 5.56 Å². The zero-order valence-corrected chi connectivity index (χ0v) is 11.0. The molecule has 0 radical (unpaired) electrons. The Morgan fingerprint density at radius 1 is 1.32 bits per heavy atom. The van der Waals surface area contributed by atoms with Gasteiger partial charge in [-0.15, -0.1) is 0 Å². The Morgan fingerprint density at radius 3 is 2.53 bits per heavy atom. The van der Waals surface area contributed by atoms with Gasteiger partial charge in [0.05, 0.1) is 17.8 Å². The van der Waals surface area contributed by atoms with Crippen molar-refractivity contribution in [3.05, 3.63) is 29.1 Å². The first-order valence-electron chi connectivity index (χ1n) is 6.02. The highest BCUT2D eigenvalue weighted by Gasteiger charge is 2.39. The van der Waals surface area contributed by atoms with Crippen molar-refractivity contribution < 1.29 is 18.8 Å². The second-order valence-corrected chi connectivity index (χ2v) is 4.98. The van der Waals surface area contributed by atoms with Crippen molar-refractivity contribution in [2.45, 2.75) is 20.8 Å². The van der Waals surface area contributed by atoms with Gasteiger partial charge in [-0.3, -0.25) is 19.3 Å². The van der Waals surface area contributed by atoms with Crippen LogP contribution < -0.4 is 4.90 Å². The van der Waals surface area contributed by atoms with Crippen molar-refractivity contribution in [1.29, 1.82) is 0 Å². The van der Waals surface area contributed by atoms with Gasteiger partial charge >= 0.3 is 0 Å². The first-order valence-corrected chi connectivity index (χ1v) is 6.02. The number of Topliss-reactive ketones (excluding diaryl/α,β-unsaturated/α-hetero) is 2. The van der Waals surface area contributed by atoms with Gasteiger partial charge in [-0.25, -0.2) is 4.39 Å². The number of hydrogen-bond acceptors (Lipinski definition) is 3. The van der Waals surface area contributed by atoms with Crippen molar-refractivity contribution in [3.63, 3.8) is 0 Å². The lowest BCUT2D eigenvalue weighted by Gasteiger charge is -2.17. The van der Waals surface area contributed by atoms with E-state index in [4.69, 9.17) is 0 Å². The number of rotatable bonds is 3. The zero-order valence-electron chi connectivity index (χ0n) is 11.0. The Morgan fingerprint density at radius 2 is 1.95 bits per heavy atom. The maximum absolute atomic E-state index is 13.9. The minimum atomic E-state index is -0.839. The summed E-state index contributed by atoms with van der Waals surface area (Å²) in [6.45, 7) is 4.76. The first-order chi connectivity index (χ1) is 8.82. The fourth-order valence-electron chi connectivity index (χ4n) is 2.01. The largest absolute Gasteiger partial charge is 0.299 e. The molecule has 1 aromatic carbocycles. The van der Waals surface area contributed by atoms with E-state index in [9.17, 15) is 18.8 Å². The highest BCUT2D eigenvalue weighted by Crippen LogP contribution is 2.32. The topological polar surface area (TPSA) is 54.5 Å². The number of aryl methyl sites for hydroxylation is 1. The molecular weight excluding hydrogens is 249 g/mol. The Labute approximate surface area is 110 Å². The minimum absolute atomic E-state index is 0.0408. The average Bonchev–Trinajstić information content (AvgIpc) is 2.54. The quantitative estimate of drug-likeness (QED) is 0.782. The highest BCUT2D eigenvalue weighted by atomic mass is 19.1. The molecule has 19 heavy (non-hydrogen) atoms. The number of fused-ring (bicyclic) bond motifs is 1. The van der Waals surface area contributed by atoms with Crippen LogP contribution in [0.15, 0.2) is 12.1 Å². The molecule has 0 saturated carbocycles. The average molecular weight is 263 g/mol. The summed E-state index contributed by atoms with van der Waals surface area (Å²) < 4.78 is 13.9. The Bertz CT molecular complexity index is 593. The number of amides is 1. The molecule has 0 atom stereocenters. The Hall–Kier alpha value is -2.04. The fraction of sp³-hybridized carbons (Fsp3) is 0.357. The van der Waals surface area contributed by atoms with Crippen LogP contribution in [0.3, 0.4) is 0 Å². The summed E-state index contributed by atoms with van der Waals surface area (Å²) >= 11 is 0. The molecule has 1 heterocycles. The molecular formula is C14H14FNO3. The molecule has 1 aliphatic rings. The van der Waals surface area contributed by atoms with Gasteiger partial charge < -0.3 is 0 Å². The molecule has 2 rings (SSSR count). The van der Waals surface area contributed by atoms with Crippen LogP contribution in [0.2, 0.25) is 0 Å². The van der Waals surface area contributed by atoms with Crippen molar-refractivity contribution in [2.24, 2.45) is 5.92 Å². The van der Waals surface area contributed by atoms with E-state index in [-0.39, 0.29) is 29.5 Å². The number of carbonyl (C=O) groups is 3. The van der Waals surface area contributed by atoms with Crippen LogP contribution in [0, 0.1) is 18.7 Å². The number of anilines is 1. The highest BCUT2D eigenvalue weighted by molar-refractivity contribution is 6.52. The SMILES string of the molecule is Cc1cc(F)c2c(c1)C(=O)C(=O)N2CC(=O)C(C)C. The summed E-state index contributed by atoms with van der Waals surface area (Å²) in [5.41, 5.74) is 0.531. The summed E-state index contributed by atoms with van der Waals surface area (Å²) in [6, 6.07) is 2.72. The summed E-state index contributed by atoms with van der Waals surface area (Å²) in [5.74, 6) is -2.73. The molecule has 1 amide bonds. The maximum atomic E-state index is 13.9. The predicted octanol–water partition coefficient (Wildman–Crippen LogP) is 1.89. The van der Waals surface area contributed by atoms with Crippen LogP contribution >= 0.6 is 0 Å². The molecule has 1 aliphatic heterocycles. The number of hydrogen-bond donors (Lipinski definition) is 0. The molecule has 1 aromatic rings. The molecule has 0 bridgehead atoms. The molecule has 0 N–H and O–H groups in total. The Balaban J connectivity index is 2.47. The van der Waals surface area contributed by atoms with Crippen LogP contribution in [0.25, 0.3) is 0 Å². The molecule has 0 aliphatic carbocycles. The van der Waals surface area contributed by atoms with Gasteiger partial charge in [0, 0.05) is 5.92 Å². The van der Waals surface area contributed by atoms with Crippen molar-refractivity contribution in [2.75, 3.05) is 11.4 Å². The van der Waals surface area contributed by atoms with Gasteiger partial charge in [0.25, 0.3) is 11.7 Å². The van der Waals surface area contributed by atoms with Crippen molar-refractivity contribution in [3.8, 4) is 0 Å². The van der Waals surface area contributed by atoms with Gasteiger partial charge in [-0.1, -0.05) is 13.8 Å². The van der Waals surface area contributed by atoms with Crippen LogP contribution in [0.5, 0.6) is 0 Å². The standard InChI is InChI=1S/C14H14FNO3/c1-7(2)11(17)6-16-12-9(13(18)14(16)19)4-8(3)5-10(12)15/h4-5,7H,6H2,1-3H3. The number of benzene rings is 1. The molecule has 0 unspecified atom stereocenters. The van der Waals surface area contributed by atoms with Crippen molar-refractivity contribution in [1.82, 2.24) is 0 Å². The molecule has 5 heteroatoms. The third-order valence-electron chi connectivity index (χ3n) is 3.12. The van der Waals surface area contributed by atoms with E-state index in [0.717, 1.165) is 4.90 Å². The van der Waals surface area contributed by atoms with Gasteiger partial charge in [0.1, 0.15) is 5.82 Å². The third-order valence-corrected chi connectivity index (χ3v) is 3.12. The van der Waals surface area contributed by atoms with E-state index in [2.05, 4.69) is 0 Å². The van der Waals surface area contributed by atoms with Crippen LogP contribution in [-0.2, 0) is 9.59 Å². The van der Waals surface area contributed by atoms with E-state index >= 15 is 0 Å². The summed E-state index contributed by atoms with van der Waals surface area (Å²) in [5, 5.41) is 0. The monoisotopic (exact) mass is 263 g/mol. The summed E-state index contributed by atoms with van der Waals surface area (Å²) in [6.07, 6.45) is 0. The maximum Gasteiger partial charge on any atom is 0.299 e. The number of carbonyl (C=O) groups excluding carboxylic acids is 3. The smallest absolute Gasteiger partial charge is 0.297 e. The molecule has 0 spiro atoms. The Kier molecular flexibility index (Phi) is 3.22. The van der Waals surface area contributed by atoms with Crippen LogP contribution in [0.4, 0.5) is 10.1 Å². The third kappa shape index (κ3) is 2.16. The van der Waals surface area contributed by atoms with E-state index in [1.807, 2.05) is 0 Å². The molecule has 0 saturated heterocycles. The lowest BCUT2D eigenvalue weighted by atomic mass is 10.1. The predicted molar refractivity (Wildman–Crippen MR) is 67.7 cm³/mol. The lowest BCUT2D eigenvalue weighted by molar-refractivity contribution is -0.122. The lowest BCUT2D eigenvalue weighted by Crippen LogP contribution is -2.36. The minimum Gasteiger partial charge on any atom is -0.297 e. The summed E-state index contributed by atoms with van der Waals surface area (Å²) in [4.78, 5) is 36.3. The van der Waals surface area contributed by atoms with Gasteiger partial charge in [0.2, 0.25) is 0 Å². The molecule has 4 nitrogen and oxygen atoms in total. The number of ketones is 2. The fourth-order valence-corrected chi connectivity index (χ4v) is 2.01. The van der Waals surface area contributed by atoms with Gasteiger partial charge in [-0.05, 0) is 24.6 Å². The van der Waals surface area contributed by atoms with E-state index in [1.54, 1.807) is 20.8 Å². The first kappa shape index (κ1) is 13.4. The van der Waals surface area contributed by atoms with E-state index < -0.39 is 17.5 Å².